The Balaban J connectivity index is 1.22. The number of hydrogen-bond donors (Lipinski definition) is 1. The van der Waals surface area contributed by atoms with Crippen molar-refractivity contribution in [3.63, 3.8) is 0 Å². The summed E-state index contributed by atoms with van der Waals surface area (Å²) < 4.78 is 26.2. The summed E-state index contributed by atoms with van der Waals surface area (Å²) >= 11 is 6.44. The number of carbonyl (C=O) groups excluding carboxylic acids is 1. The fourth-order valence-electron chi connectivity index (χ4n) is 3.93. The van der Waals surface area contributed by atoms with Gasteiger partial charge in [0.15, 0.2) is 17.3 Å². The molecule has 0 atom stereocenters. The smallest absolute Gasteiger partial charge is 0.251 e. The summed E-state index contributed by atoms with van der Waals surface area (Å²) in [5.41, 5.74) is 1.25. The molecule has 3 heterocycles. The highest BCUT2D eigenvalue weighted by molar-refractivity contribution is 6.31. The number of nitrogens with zero attached hydrogens (tertiary/aromatic N) is 4. The van der Waals surface area contributed by atoms with Crippen LogP contribution in [0.15, 0.2) is 36.4 Å². The molecule has 1 amide bonds. The quantitative estimate of drug-likeness (QED) is 0.634. The van der Waals surface area contributed by atoms with Gasteiger partial charge < -0.3 is 19.4 Å². The molecule has 0 radical (unpaired) electrons. The summed E-state index contributed by atoms with van der Waals surface area (Å²) in [5.74, 6) is 2.14. The Morgan fingerprint density at radius 3 is 2.81 bits per heavy atom. The molecule has 0 aliphatic carbocycles. The number of benzene rings is 2. The van der Waals surface area contributed by atoms with E-state index in [1.807, 2.05) is 10.6 Å². The average Bonchev–Trinajstić information content (AvgIpc) is 3.34. The number of halogens is 2. The Bertz CT molecular complexity index is 1170. The second-order valence-corrected chi connectivity index (χ2v) is 8.11. The molecule has 5 rings (SSSR count). The standard InChI is InChI=1S/C22H21ClFN5O3/c23-17-10-19-18(31-13-32-19)9-15(17)12-28-5-4-20-26-27-21(29(20)7-6-28)11-25-22(30)14-2-1-3-16(24)8-14/h1-3,8-10H,4-7,11-13H2,(H,25,30). The summed E-state index contributed by atoms with van der Waals surface area (Å²) in [4.78, 5) is 14.6. The van der Waals surface area contributed by atoms with E-state index in [9.17, 15) is 9.18 Å². The highest BCUT2D eigenvalue weighted by atomic mass is 35.5. The van der Waals surface area contributed by atoms with Gasteiger partial charge in [-0.2, -0.15) is 0 Å². The summed E-state index contributed by atoms with van der Waals surface area (Å²) in [6, 6.07) is 9.32. The van der Waals surface area contributed by atoms with Crippen LogP contribution in [0.3, 0.4) is 0 Å². The highest BCUT2D eigenvalue weighted by Gasteiger charge is 2.22. The fourth-order valence-corrected chi connectivity index (χ4v) is 4.14. The van der Waals surface area contributed by atoms with E-state index in [2.05, 4.69) is 20.4 Å². The van der Waals surface area contributed by atoms with Crippen molar-refractivity contribution in [3.8, 4) is 11.5 Å². The molecule has 1 N–H and O–H groups in total. The first-order chi connectivity index (χ1) is 15.6. The zero-order chi connectivity index (χ0) is 22.1. The molecule has 0 spiro atoms. The van der Waals surface area contributed by atoms with E-state index >= 15 is 0 Å². The van der Waals surface area contributed by atoms with Gasteiger partial charge in [0.25, 0.3) is 5.91 Å². The SMILES string of the molecule is O=C(NCc1nnc2n1CCN(Cc1cc3c(cc1Cl)OCO3)CC2)c1cccc(F)c1. The van der Waals surface area contributed by atoms with Gasteiger partial charge in [-0.05, 0) is 29.8 Å². The molecule has 0 saturated heterocycles. The van der Waals surface area contributed by atoms with Gasteiger partial charge in [-0.15, -0.1) is 10.2 Å². The third-order valence-electron chi connectivity index (χ3n) is 5.62. The third-order valence-corrected chi connectivity index (χ3v) is 5.98. The van der Waals surface area contributed by atoms with Crippen LogP contribution >= 0.6 is 11.6 Å². The molecule has 2 aliphatic heterocycles. The first-order valence-corrected chi connectivity index (χ1v) is 10.7. The minimum Gasteiger partial charge on any atom is -0.454 e. The van der Waals surface area contributed by atoms with Crippen LogP contribution in [0.25, 0.3) is 0 Å². The van der Waals surface area contributed by atoms with Crippen LogP contribution in [0.2, 0.25) is 5.02 Å². The van der Waals surface area contributed by atoms with Crippen molar-refractivity contribution in [1.82, 2.24) is 25.0 Å². The normalized spacial score (nSPS) is 15.3. The molecule has 8 nitrogen and oxygen atoms in total. The Hall–Kier alpha value is -3.17. The van der Waals surface area contributed by atoms with Crippen LogP contribution in [0.4, 0.5) is 4.39 Å². The molecule has 166 valence electrons. The van der Waals surface area contributed by atoms with Crippen LogP contribution in [-0.4, -0.2) is 45.5 Å². The molecular weight excluding hydrogens is 437 g/mol. The summed E-state index contributed by atoms with van der Waals surface area (Å²) in [6.45, 7) is 3.38. The van der Waals surface area contributed by atoms with Crippen LogP contribution in [-0.2, 0) is 26.1 Å². The van der Waals surface area contributed by atoms with Gasteiger partial charge in [0.2, 0.25) is 6.79 Å². The van der Waals surface area contributed by atoms with E-state index in [0.29, 0.717) is 35.4 Å². The largest absolute Gasteiger partial charge is 0.454 e. The maximum Gasteiger partial charge on any atom is 0.251 e. The van der Waals surface area contributed by atoms with Gasteiger partial charge in [0, 0.05) is 49.3 Å². The second kappa shape index (κ2) is 8.76. The zero-order valence-corrected chi connectivity index (χ0v) is 17.9. The fraction of sp³-hybridized carbons (Fsp3) is 0.318. The van der Waals surface area contributed by atoms with Crippen molar-refractivity contribution in [2.24, 2.45) is 0 Å². The van der Waals surface area contributed by atoms with E-state index in [-0.39, 0.29) is 24.8 Å². The van der Waals surface area contributed by atoms with Crippen molar-refractivity contribution in [3.05, 3.63) is 70.0 Å². The van der Waals surface area contributed by atoms with Crippen molar-refractivity contribution in [2.75, 3.05) is 19.9 Å². The third kappa shape index (κ3) is 4.26. The molecule has 0 fully saturated rings. The molecule has 10 heteroatoms. The van der Waals surface area contributed by atoms with E-state index < -0.39 is 5.82 Å². The highest BCUT2D eigenvalue weighted by Crippen LogP contribution is 2.37. The molecule has 2 aliphatic rings. The molecule has 1 aromatic heterocycles. The number of rotatable bonds is 5. The molecular formula is C22H21ClFN5O3. The lowest BCUT2D eigenvalue weighted by Crippen LogP contribution is -2.28. The first-order valence-electron chi connectivity index (χ1n) is 10.3. The van der Waals surface area contributed by atoms with Gasteiger partial charge in [0.1, 0.15) is 11.6 Å². The topological polar surface area (TPSA) is 81.5 Å². The van der Waals surface area contributed by atoms with Crippen LogP contribution in [0.5, 0.6) is 11.5 Å². The maximum atomic E-state index is 13.4. The number of nitrogens with one attached hydrogen (secondary N) is 1. The van der Waals surface area contributed by atoms with Crippen LogP contribution in [0.1, 0.15) is 27.6 Å². The number of hydrogen-bond acceptors (Lipinski definition) is 6. The summed E-state index contributed by atoms with van der Waals surface area (Å²) in [7, 11) is 0. The van der Waals surface area contributed by atoms with Crippen molar-refractivity contribution in [2.45, 2.75) is 26.1 Å². The summed E-state index contributed by atoms with van der Waals surface area (Å²) in [6.07, 6.45) is 0.729. The van der Waals surface area contributed by atoms with Gasteiger partial charge in [-0.3, -0.25) is 9.69 Å². The zero-order valence-electron chi connectivity index (χ0n) is 17.2. The minimum atomic E-state index is -0.448. The Labute approximate surface area is 188 Å². The number of fused-ring (bicyclic) bond motifs is 2. The molecule has 3 aromatic rings. The lowest BCUT2D eigenvalue weighted by molar-refractivity contribution is 0.0949. The van der Waals surface area contributed by atoms with E-state index in [4.69, 9.17) is 21.1 Å². The lowest BCUT2D eigenvalue weighted by Gasteiger charge is -2.20. The van der Waals surface area contributed by atoms with Crippen LogP contribution < -0.4 is 14.8 Å². The Morgan fingerprint density at radius 2 is 1.97 bits per heavy atom. The van der Waals surface area contributed by atoms with Gasteiger partial charge >= 0.3 is 0 Å². The molecule has 0 bridgehead atoms. The molecule has 0 unspecified atom stereocenters. The second-order valence-electron chi connectivity index (χ2n) is 7.70. The molecule has 32 heavy (non-hydrogen) atoms. The van der Waals surface area contributed by atoms with Crippen molar-refractivity contribution >= 4 is 17.5 Å². The molecule has 2 aromatic carbocycles. The number of amides is 1. The van der Waals surface area contributed by atoms with E-state index in [1.54, 1.807) is 12.1 Å². The predicted molar refractivity (Wildman–Crippen MR) is 114 cm³/mol. The van der Waals surface area contributed by atoms with Gasteiger partial charge in [-0.25, -0.2) is 4.39 Å². The van der Waals surface area contributed by atoms with Crippen LogP contribution in [0, 0.1) is 5.82 Å². The van der Waals surface area contributed by atoms with Gasteiger partial charge in [-0.1, -0.05) is 17.7 Å². The number of carbonyl (C=O) groups is 1. The minimum absolute atomic E-state index is 0.214. The predicted octanol–water partition coefficient (Wildman–Crippen LogP) is 2.79. The lowest BCUT2D eigenvalue weighted by atomic mass is 10.2. The first kappa shape index (κ1) is 20.7. The number of aromatic nitrogens is 3. The monoisotopic (exact) mass is 457 g/mol. The van der Waals surface area contributed by atoms with E-state index in [1.165, 1.54) is 18.2 Å². The Morgan fingerprint density at radius 1 is 1.12 bits per heavy atom. The van der Waals surface area contributed by atoms with E-state index in [0.717, 1.165) is 30.9 Å². The maximum absolute atomic E-state index is 13.4. The van der Waals surface area contributed by atoms with Crippen molar-refractivity contribution in [1.29, 1.82) is 0 Å². The van der Waals surface area contributed by atoms with Crippen molar-refractivity contribution < 1.29 is 18.7 Å². The molecule has 0 saturated carbocycles. The Kier molecular flexibility index (Phi) is 5.67. The summed E-state index contributed by atoms with van der Waals surface area (Å²) in [5, 5.41) is 12.0. The number of ether oxygens (including phenoxy) is 2. The van der Waals surface area contributed by atoms with Gasteiger partial charge in [0.05, 0.1) is 6.54 Å². The average molecular weight is 458 g/mol.